The van der Waals surface area contributed by atoms with Gasteiger partial charge in [0.25, 0.3) is 5.91 Å². The summed E-state index contributed by atoms with van der Waals surface area (Å²) in [5, 5.41) is 16.3. The molecule has 33 heavy (non-hydrogen) atoms. The highest BCUT2D eigenvalue weighted by atomic mass is 35.5. The molecule has 0 spiro atoms. The summed E-state index contributed by atoms with van der Waals surface area (Å²) >= 11 is 11.3. The van der Waals surface area contributed by atoms with E-state index in [4.69, 9.17) is 32.7 Å². The minimum atomic E-state index is -0.754. The molecule has 1 aliphatic carbocycles. The number of aliphatic hydroxyl groups excluding tert-OH is 1. The zero-order valence-electron chi connectivity index (χ0n) is 17.8. The predicted octanol–water partition coefficient (Wildman–Crippen LogP) is 4.11. The quantitative estimate of drug-likeness (QED) is 0.455. The predicted molar refractivity (Wildman–Crippen MR) is 122 cm³/mol. The SMILES string of the molecule is O=C(COc1ccc(Cl)c(F)c1)NC1CCC(NC[C@H](O)COc2ccc(Cl)c(F)c2)CC1. The molecule has 1 fully saturated rings. The van der Waals surface area contributed by atoms with Crippen LogP contribution in [-0.4, -0.2) is 49.0 Å². The molecule has 0 aliphatic heterocycles. The van der Waals surface area contributed by atoms with Crippen LogP contribution in [0.15, 0.2) is 36.4 Å². The van der Waals surface area contributed by atoms with Gasteiger partial charge in [-0.1, -0.05) is 23.2 Å². The summed E-state index contributed by atoms with van der Waals surface area (Å²) in [6, 6.07) is 8.39. The van der Waals surface area contributed by atoms with Gasteiger partial charge in [-0.25, -0.2) is 8.78 Å². The number of aliphatic hydroxyl groups is 1. The van der Waals surface area contributed by atoms with E-state index in [2.05, 4.69) is 10.6 Å². The average Bonchev–Trinajstić information content (AvgIpc) is 2.80. The van der Waals surface area contributed by atoms with Gasteiger partial charge in [0.05, 0.1) is 10.0 Å². The Bertz CT molecular complexity index is 943. The molecule has 0 heterocycles. The summed E-state index contributed by atoms with van der Waals surface area (Å²) in [6.07, 6.45) is 2.50. The van der Waals surface area contributed by atoms with Crippen molar-refractivity contribution in [2.24, 2.45) is 0 Å². The van der Waals surface area contributed by atoms with Gasteiger partial charge in [0.2, 0.25) is 0 Å². The molecule has 0 unspecified atom stereocenters. The van der Waals surface area contributed by atoms with Crippen LogP contribution in [0.4, 0.5) is 8.78 Å². The Morgan fingerprint density at radius 2 is 1.52 bits per heavy atom. The summed E-state index contributed by atoms with van der Waals surface area (Å²) in [7, 11) is 0. The largest absolute Gasteiger partial charge is 0.491 e. The van der Waals surface area contributed by atoms with Crippen molar-refractivity contribution in [1.82, 2.24) is 10.6 Å². The van der Waals surface area contributed by atoms with Crippen LogP contribution in [-0.2, 0) is 4.79 Å². The number of rotatable bonds is 10. The second-order valence-corrected chi connectivity index (χ2v) is 8.74. The Kier molecular flexibility index (Phi) is 9.55. The lowest BCUT2D eigenvalue weighted by Crippen LogP contribution is -2.45. The number of amides is 1. The van der Waals surface area contributed by atoms with Crippen LogP contribution in [0.25, 0.3) is 0 Å². The second kappa shape index (κ2) is 12.4. The number of carbonyl (C=O) groups excluding carboxylic acids is 1. The van der Waals surface area contributed by atoms with E-state index in [1.165, 1.54) is 24.3 Å². The first-order valence-corrected chi connectivity index (χ1v) is 11.4. The van der Waals surface area contributed by atoms with Gasteiger partial charge in [0.15, 0.2) is 6.61 Å². The fourth-order valence-corrected chi connectivity index (χ4v) is 3.78. The molecule has 0 saturated heterocycles. The van der Waals surface area contributed by atoms with E-state index in [-0.39, 0.29) is 47.0 Å². The summed E-state index contributed by atoms with van der Waals surface area (Å²) in [5.41, 5.74) is 0. The van der Waals surface area contributed by atoms with Gasteiger partial charge in [-0.05, 0) is 49.9 Å². The van der Waals surface area contributed by atoms with Crippen LogP contribution in [0.5, 0.6) is 11.5 Å². The van der Waals surface area contributed by atoms with Gasteiger partial charge >= 0.3 is 0 Å². The first-order valence-electron chi connectivity index (χ1n) is 10.7. The summed E-state index contributed by atoms with van der Waals surface area (Å²) in [4.78, 5) is 12.1. The number of ether oxygens (including phenoxy) is 2. The topological polar surface area (TPSA) is 79.8 Å². The fraction of sp³-hybridized carbons (Fsp3) is 0.435. The van der Waals surface area contributed by atoms with Crippen molar-refractivity contribution in [2.45, 2.75) is 43.9 Å². The highest BCUT2D eigenvalue weighted by Crippen LogP contribution is 2.22. The molecular weight excluding hydrogens is 477 g/mol. The van der Waals surface area contributed by atoms with Gasteiger partial charge < -0.3 is 25.2 Å². The molecular formula is C23H26Cl2F2N2O4. The molecule has 0 aromatic heterocycles. The first-order chi connectivity index (χ1) is 15.8. The van der Waals surface area contributed by atoms with E-state index in [1.54, 1.807) is 6.07 Å². The van der Waals surface area contributed by atoms with Crippen LogP contribution < -0.4 is 20.1 Å². The molecule has 10 heteroatoms. The molecule has 6 nitrogen and oxygen atoms in total. The van der Waals surface area contributed by atoms with Crippen LogP contribution in [0, 0.1) is 11.6 Å². The molecule has 1 aliphatic rings. The normalized spacial score (nSPS) is 19.1. The minimum Gasteiger partial charge on any atom is -0.491 e. The van der Waals surface area contributed by atoms with Crippen LogP contribution >= 0.6 is 23.2 Å². The van der Waals surface area contributed by atoms with Crippen LogP contribution in [0.3, 0.4) is 0 Å². The van der Waals surface area contributed by atoms with E-state index < -0.39 is 17.7 Å². The van der Waals surface area contributed by atoms with E-state index in [0.29, 0.717) is 12.3 Å². The maximum atomic E-state index is 13.4. The molecule has 3 N–H and O–H groups in total. The Balaban J connectivity index is 1.29. The highest BCUT2D eigenvalue weighted by Gasteiger charge is 2.23. The fourth-order valence-electron chi connectivity index (χ4n) is 3.55. The zero-order chi connectivity index (χ0) is 23.8. The smallest absolute Gasteiger partial charge is 0.258 e. The third-order valence-corrected chi connectivity index (χ3v) is 5.94. The molecule has 1 saturated carbocycles. The Labute approximate surface area is 201 Å². The number of carbonyl (C=O) groups is 1. The molecule has 3 rings (SSSR count). The Morgan fingerprint density at radius 1 is 0.970 bits per heavy atom. The minimum absolute atomic E-state index is 0.00541. The molecule has 2 aromatic rings. The number of hydrogen-bond donors (Lipinski definition) is 3. The molecule has 1 atom stereocenters. The van der Waals surface area contributed by atoms with Crippen molar-refractivity contribution >= 4 is 29.1 Å². The number of benzene rings is 2. The van der Waals surface area contributed by atoms with E-state index in [0.717, 1.165) is 31.7 Å². The number of nitrogens with one attached hydrogen (secondary N) is 2. The first kappa shape index (κ1) is 25.5. The Hall–Kier alpha value is -2.13. The lowest BCUT2D eigenvalue weighted by Gasteiger charge is -2.30. The van der Waals surface area contributed by atoms with Crippen LogP contribution in [0.1, 0.15) is 25.7 Å². The van der Waals surface area contributed by atoms with E-state index in [9.17, 15) is 18.7 Å². The third-order valence-electron chi connectivity index (χ3n) is 5.33. The van der Waals surface area contributed by atoms with Gasteiger partial charge in [-0.2, -0.15) is 0 Å². The van der Waals surface area contributed by atoms with Crippen molar-refractivity contribution in [3.63, 3.8) is 0 Å². The standard InChI is InChI=1S/C23H26Cl2F2N2O4/c24-19-7-5-17(9-21(19)26)32-12-16(30)11-28-14-1-3-15(4-2-14)29-23(31)13-33-18-6-8-20(25)22(27)10-18/h5-10,14-16,28,30H,1-4,11-13H2,(H,29,31)/t14?,15?,16-/m0/s1. The maximum absolute atomic E-state index is 13.4. The van der Waals surface area contributed by atoms with Gasteiger partial charge in [0.1, 0.15) is 35.8 Å². The number of hydrogen-bond acceptors (Lipinski definition) is 5. The van der Waals surface area contributed by atoms with Gasteiger partial charge in [-0.3, -0.25) is 4.79 Å². The molecule has 0 bridgehead atoms. The van der Waals surface area contributed by atoms with Crippen molar-refractivity contribution in [1.29, 1.82) is 0 Å². The number of halogens is 4. The summed E-state index contributed by atoms with van der Waals surface area (Å²) in [6.45, 7) is 0.156. The van der Waals surface area contributed by atoms with Crippen molar-refractivity contribution in [3.8, 4) is 11.5 Å². The highest BCUT2D eigenvalue weighted by molar-refractivity contribution is 6.31. The molecule has 180 valence electrons. The second-order valence-electron chi connectivity index (χ2n) is 7.93. The summed E-state index contributed by atoms with van der Waals surface area (Å²) < 4.78 is 37.5. The molecule has 0 radical (unpaired) electrons. The monoisotopic (exact) mass is 502 g/mol. The molecule has 2 aromatic carbocycles. The van der Waals surface area contributed by atoms with Gasteiger partial charge in [-0.15, -0.1) is 0 Å². The van der Waals surface area contributed by atoms with Crippen molar-refractivity contribution in [2.75, 3.05) is 19.8 Å². The van der Waals surface area contributed by atoms with E-state index in [1.807, 2.05) is 0 Å². The van der Waals surface area contributed by atoms with Crippen molar-refractivity contribution in [3.05, 3.63) is 58.1 Å². The third kappa shape index (κ3) is 8.30. The van der Waals surface area contributed by atoms with Crippen molar-refractivity contribution < 1.29 is 28.2 Å². The molecule has 1 amide bonds. The van der Waals surface area contributed by atoms with Crippen LogP contribution in [0.2, 0.25) is 10.0 Å². The van der Waals surface area contributed by atoms with E-state index >= 15 is 0 Å². The summed E-state index contributed by atoms with van der Waals surface area (Å²) in [5.74, 6) is -0.902. The maximum Gasteiger partial charge on any atom is 0.258 e. The lowest BCUT2D eigenvalue weighted by atomic mass is 9.91. The van der Waals surface area contributed by atoms with Gasteiger partial charge in [0, 0.05) is 30.8 Å². The lowest BCUT2D eigenvalue weighted by molar-refractivity contribution is -0.124. The average molecular weight is 503 g/mol. The zero-order valence-corrected chi connectivity index (χ0v) is 19.3. The Morgan fingerprint density at radius 3 is 2.09 bits per heavy atom.